The highest BCUT2D eigenvalue weighted by molar-refractivity contribution is 5.92. The molecule has 0 N–H and O–H groups in total. The van der Waals surface area contributed by atoms with Crippen LogP contribution in [0.2, 0.25) is 0 Å². The van der Waals surface area contributed by atoms with Gasteiger partial charge in [-0.15, -0.1) is 0 Å². The molecule has 0 spiro atoms. The van der Waals surface area contributed by atoms with Crippen molar-refractivity contribution in [3.05, 3.63) is 71.7 Å². The number of rotatable bonds is 4. The van der Waals surface area contributed by atoms with Gasteiger partial charge in [-0.05, 0) is 38.3 Å². The SMILES string of the molecule is Cc1cc(Oc2ccccc2C)nc(C2CCCN2C(=O)c2cnccn2)n1. The number of nitrogens with zero attached hydrogens (tertiary/aromatic N) is 5. The van der Waals surface area contributed by atoms with Gasteiger partial charge in [0.05, 0.1) is 12.2 Å². The average Bonchev–Trinajstić information content (AvgIpc) is 3.19. The maximum absolute atomic E-state index is 12.9. The summed E-state index contributed by atoms with van der Waals surface area (Å²) >= 11 is 0. The Hall–Kier alpha value is -3.35. The lowest BCUT2D eigenvalue weighted by Crippen LogP contribution is -2.32. The number of likely N-dealkylation sites (tertiary alicyclic amines) is 1. The standard InChI is InChI=1S/C21H21N5O2/c1-14-6-3-4-8-18(14)28-19-12-15(2)24-20(25-19)17-7-5-11-26(17)21(27)16-13-22-9-10-23-16/h3-4,6,8-10,12-13,17H,5,7,11H2,1-2H3. The number of carbonyl (C=O) groups is 1. The van der Waals surface area contributed by atoms with Crippen molar-refractivity contribution in [1.29, 1.82) is 0 Å². The molecule has 7 heteroatoms. The number of hydrogen-bond donors (Lipinski definition) is 0. The molecule has 1 saturated heterocycles. The average molecular weight is 375 g/mol. The van der Waals surface area contributed by atoms with Gasteiger partial charge in [0.2, 0.25) is 5.88 Å². The third-order valence-corrected chi connectivity index (χ3v) is 4.75. The van der Waals surface area contributed by atoms with Crippen LogP contribution < -0.4 is 4.74 Å². The molecule has 2 aromatic heterocycles. The zero-order chi connectivity index (χ0) is 19.5. The summed E-state index contributed by atoms with van der Waals surface area (Å²) in [6, 6.07) is 9.39. The molecule has 0 radical (unpaired) electrons. The molecule has 3 aromatic rings. The Kier molecular flexibility index (Phi) is 4.97. The van der Waals surface area contributed by atoms with Crippen molar-refractivity contribution in [1.82, 2.24) is 24.8 Å². The van der Waals surface area contributed by atoms with Crippen LogP contribution in [0.15, 0.2) is 48.9 Å². The minimum absolute atomic E-state index is 0.151. The fourth-order valence-corrected chi connectivity index (χ4v) is 3.38. The van der Waals surface area contributed by atoms with E-state index in [9.17, 15) is 4.79 Å². The molecule has 1 fully saturated rings. The second-order valence-electron chi connectivity index (χ2n) is 6.82. The molecule has 1 aliphatic rings. The van der Waals surface area contributed by atoms with Gasteiger partial charge < -0.3 is 9.64 Å². The van der Waals surface area contributed by atoms with Crippen LogP contribution in [0.3, 0.4) is 0 Å². The Morgan fingerprint density at radius 2 is 2.04 bits per heavy atom. The van der Waals surface area contributed by atoms with E-state index >= 15 is 0 Å². The number of amides is 1. The molecule has 1 aromatic carbocycles. The van der Waals surface area contributed by atoms with Crippen LogP contribution in [-0.4, -0.2) is 37.3 Å². The number of aromatic nitrogens is 4. The van der Waals surface area contributed by atoms with Gasteiger partial charge in [0.25, 0.3) is 5.91 Å². The largest absolute Gasteiger partial charge is 0.439 e. The third-order valence-electron chi connectivity index (χ3n) is 4.75. The number of ether oxygens (including phenoxy) is 1. The second kappa shape index (κ2) is 7.72. The molecule has 0 aliphatic carbocycles. The van der Waals surface area contributed by atoms with Crippen LogP contribution in [0.5, 0.6) is 11.6 Å². The molecule has 3 heterocycles. The molecule has 1 unspecified atom stereocenters. The fourth-order valence-electron chi connectivity index (χ4n) is 3.38. The molecule has 0 saturated carbocycles. The normalized spacial score (nSPS) is 16.2. The first-order valence-corrected chi connectivity index (χ1v) is 9.28. The highest BCUT2D eigenvalue weighted by Crippen LogP contribution is 2.33. The lowest BCUT2D eigenvalue weighted by atomic mass is 10.2. The van der Waals surface area contributed by atoms with E-state index in [-0.39, 0.29) is 11.9 Å². The van der Waals surface area contributed by atoms with Crippen molar-refractivity contribution >= 4 is 5.91 Å². The summed E-state index contributed by atoms with van der Waals surface area (Å²) < 4.78 is 5.99. The molecule has 1 aliphatic heterocycles. The van der Waals surface area contributed by atoms with E-state index in [1.165, 1.54) is 12.4 Å². The lowest BCUT2D eigenvalue weighted by Gasteiger charge is -2.23. The van der Waals surface area contributed by atoms with Gasteiger partial charge in [0.1, 0.15) is 11.4 Å². The zero-order valence-corrected chi connectivity index (χ0v) is 15.9. The van der Waals surface area contributed by atoms with Crippen molar-refractivity contribution in [3.63, 3.8) is 0 Å². The summed E-state index contributed by atoms with van der Waals surface area (Å²) in [4.78, 5) is 32.0. The number of hydrogen-bond acceptors (Lipinski definition) is 6. The van der Waals surface area contributed by atoms with Crippen LogP contribution in [0.25, 0.3) is 0 Å². The Labute approximate surface area is 163 Å². The highest BCUT2D eigenvalue weighted by Gasteiger charge is 2.33. The van der Waals surface area contributed by atoms with Crippen LogP contribution in [0.1, 0.15) is 46.5 Å². The molecule has 142 valence electrons. The zero-order valence-electron chi connectivity index (χ0n) is 15.9. The second-order valence-corrected chi connectivity index (χ2v) is 6.82. The summed E-state index contributed by atoms with van der Waals surface area (Å²) in [5.41, 5.74) is 2.16. The van der Waals surface area contributed by atoms with Crippen LogP contribution in [-0.2, 0) is 0 Å². The first kappa shape index (κ1) is 18.0. The van der Waals surface area contributed by atoms with Gasteiger partial charge in [0.15, 0.2) is 5.82 Å². The minimum Gasteiger partial charge on any atom is -0.439 e. The van der Waals surface area contributed by atoms with Crippen molar-refractivity contribution in [3.8, 4) is 11.6 Å². The van der Waals surface area contributed by atoms with Crippen molar-refractivity contribution < 1.29 is 9.53 Å². The summed E-state index contributed by atoms with van der Waals surface area (Å²) in [6.45, 7) is 4.54. The smallest absolute Gasteiger partial charge is 0.274 e. The van der Waals surface area contributed by atoms with E-state index < -0.39 is 0 Å². The lowest BCUT2D eigenvalue weighted by molar-refractivity contribution is 0.0722. The van der Waals surface area contributed by atoms with Gasteiger partial charge in [-0.3, -0.25) is 9.78 Å². The maximum Gasteiger partial charge on any atom is 0.274 e. The van der Waals surface area contributed by atoms with Gasteiger partial charge in [-0.25, -0.2) is 9.97 Å². The Morgan fingerprint density at radius 3 is 2.82 bits per heavy atom. The topological polar surface area (TPSA) is 81.1 Å². The van der Waals surface area contributed by atoms with Gasteiger partial charge in [-0.1, -0.05) is 18.2 Å². The Balaban J connectivity index is 1.62. The minimum atomic E-state index is -0.200. The first-order chi connectivity index (χ1) is 13.6. The van der Waals surface area contributed by atoms with E-state index in [2.05, 4.69) is 19.9 Å². The van der Waals surface area contributed by atoms with E-state index in [1.807, 2.05) is 38.1 Å². The molecule has 0 bridgehead atoms. The summed E-state index contributed by atoms with van der Waals surface area (Å²) in [5.74, 6) is 1.68. The summed E-state index contributed by atoms with van der Waals surface area (Å²) in [5, 5.41) is 0. The predicted molar refractivity (Wildman–Crippen MR) is 103 cm³/mol. The van der Waals surface area contributed by atoms with Gasteiger partial charge in [0, 0.05) is 30.7 Å². The molecule has 1 amide bonds. The highest BCUT2D eigenvalue weighted by atomic mass is 16.5. The quantitative estimate of drug-likeness (QED) is 0.692. The number of carbonyl (C=O) groups excluding carboxylic acids is 1. The molecule has 28 heavy (non-hydrogen) atoms. The van der Waals surface area contributed by atoms with Gasteiger partial charge in [-0.2, -0.15) is 4.98 Å². The fraction of sp³-hybridized carbons (Fsp3) is 0.286. The monoisotopic (exact) mass is 375 g/mol. The molecule has 7 nitrogen and oxygen atoms in total. The number of para-hydroxylation sites is 1. The van der Waals surface area contributed by atoms with Crippen molar-refractivity contribution in [2.75, 3.05) is 6.54 Å². The number of aryl methyl sites for hydroxylation is 2. The van der Waals surface area contributed by atoms with E-state index in [0.717, 1.165) is 29.8 Å². The van der Waals surface area contributed by atoms with Gasteiger partial charge >= 0.3 is 0 Å². The maximum atomic E-state index is 12.9. The van der Waals surface area contributed by atoms with Crippen LogP contribution in [0, 0.1) is 13.8 Å². The van der Waals surface area contributed by atoms with Crippen molar-refractivity contribution in [2.24, 2.45) is 0 Å². The van der Waals surface area contributed by atoms with Crippen molar-refractivity contribution in [2.45, 2.75) is 32.7 Å². The molecule has 1 atom stereocenters. The van der Waals surface area contributed by atoms with E-state index in [0.29, 0.717) is 23.9 Å². The van der Waals surface area contributed by atoms with Crippen LogP contribution >= 0.6 is 0 Å². The first-order valence-electron chi connectivity index (χ1n) is 9.28. The third kappa shape index (κ3) is 3.69. The Morgan fingerprint density at radius 1 is 1.18 bits per heavy atom. The summed E-state index contributed by atoms with van der Waals surface area (Å²) in [6.07, 6.45) is 6.26. The molecular weight excluding hydrogens is 354 g/mol. The van der Waals surface area contributed by atoms with Crippen LogP contribution in [0.4, 0.5) is 0 Å². The predicted octanol–water partition coefficient (Wildman–Crippen LogP) is 3.65. The Bertz CT molecular complexity index is 993. The number of benzene rings is 1. The molecule has 4 rings (SSSR count). The van der Waals surface area contributed by atoms with E-state index in [1.54, 1.807) is 17.2 Å². The molecular formula is C21H21N5O2. The summed E-state index contributed by atoms with van der Waals surface area (Å²) in [7, 11) is 0. The van der Waals surface area contributed by atoms with E-state index in [4.69, 9.17) is 4.74 Å².